The van der Waals surface area contributed by atoms with E-state index in [2.05, 4.69) is 0 Å². The van der Waals surface area contributed by atoms with Gasteiger partial charge in [-0.05, 0) is 32.1 Å². The van der Waals surface area contributed by atoms with Gasteiger partial charge in [-0.2, -0.15) is 0 Å². The molecule has 0 aliphatic heterocycles. The van der Waals surface area contributed by atoms with Crippen molar-refractivity contribution in [3.8, 4) is 0 Å². The Morgan fingerprint density at radius 2 is 2.00 bits per heavy atom. The molecule has 1 nitrogen and oxygen atoms in total. The molecule has 0 aromatic rings. The molecular formula is C8H16FN. The maximum atomic E-state index is 12.6. The first-order valence-electron chi connectivity index (χ1n) is 3.96. The van der Waals surface area contributed by atoms with E-state index >= 15 is 0 Å². The van der Waals surface area contributed by atoms with Gasteiger partial charge in [-0.25, -0.2) is 4.39 Å². The van der Waals surface area contributed by atoms with Gasteiger partial charge in [0.25, 0.3) is 0 Å². The summed E-state index contributed by atoms with van der Waals surface area (Å²) in [6.07, 6.45) is 2.32. The van der Waals surface area contributed by atoms with Gasteiger partial charge < -0.3 is 5.73 Å². The number of hydrogen-bond acceptors (Lipinski definition) is 1. The van der Waals surface area contributed by atoms with Crippen molar-refractivity contribution in [2.75, 3.05) is 0 Å². The molecule has 0 amide bonds. The fourth-order valence-electron chi connectivity index (χ4n) is 1.17. The van der Waals surface area contributed by atoms with E-state index in [9.17, 15) is 4.39 Å². The lowest BCUT2D eigenvalue weighted by atomic mass is 9.97. The monoisotopic (exact) mass is 145 g/mol. The van der Waals surface area contributed by atoms with Crippen molar-refractivity contribution < 1.29 is 4.39 Å². The Balaban J connectivity index is 2.24. The molecule has 1 aliphatic carbocycles. The predicted molar refractivity (Wildman–Crippen MR) is 40.5 cm³/mol. The van der Waals surface area contributed by atoms with Crippen molar-refractivity contribution in [2.45, 2.75) is 44.8 Å². The van der Waals surface area contributed by atoms with Crippen LogP contribution < -0.4 is 5.73 Å². The number of halogens is 1. The fourth-order valence-corrected chi connectivity index (χ4v) is 1.17. The van der Waals surface area contributed by atoms with Crippen LogP contribution >= 0.6 is 0 Å². The number of nitrogens with two attached hydrogens (primary N) is 1. The summed E-state index contributed by atoms with van der Waals surface area (Å²) in [4.78, 5) is 0. The van der Waals surface area contributed by atoms with Gasteiger partial charge in [0.15, 0.2) is 0 Å². The molecule has 0 aromatic carbocycles. The second-order valence-corrected chi connectivity index (χ2v) is 3.72. The molecule has 0 heterocycles. The van der Waals surface area contributed by atoms with E-state index in [4.69, 9.17) is 5.73 Å². The minimum absolute atomic E-state index is 0.0137. The van der Waals surface area contributed by atoms with E-state index in [1.165, 1.54) is 0 Å². The number of rotatable bonds is 3. The highest BCUT2D eigenvalue weighted by atomic mass is 19.1. The maximum Gasteiger partial charge on any atom is 0.0999 e. The first-order valence-corrected chi connectivity index (χ1v) is 3.96. The fraction of sp³-hybridized carbons (Fsp3) is 1.00. The van der Waals surface area contributed by atoms with Crippen LogP contribution in [-0.4, -0.2) is 11.7 Å². The van der Waals surface area contributed by atoms with E-state index in [1.807, 2.05) is 6.92 Å². The van der Waals surface area contributed by atoms with Crippen LogP contribution in [0.1, 0.15) is 33.1 Å². The van der Waals surface area contributed by atoms with Crippen LogP contribution in [0.4, 0.5) is 4.39 Å². The van der Waals surface area contributed by atoms with Crippen LogP contribution in [0.5, 0.6) is 0 Å². The summed E-state index contributed by atoms with van der Waals surface area (Å²) in [7, 11) is 0. The molecule has 1 saturated carbocycles. The van der Waals surface area contributed by atoms with Gasteiger partial charge in [0, 0.05) is 5.54 Å². The van der Waals surface area contributed by atoms with E-state index in [0.717, 1.165) is 19.3 Å². The zero-order chi connectivity index (χ0) is 7.78. The van der Waals surface area contributed by atoms with E-state index in [-0.39, 0.29) is 11.5 Å². The van der Waals surface area contributed by atoms with E-state index in [1.54, 1.807) is 6.92 Å². The maximum absolute atomic E-state index is 12.6. The summed E-state index contributed by atoms with van der Waals surface area (Å²) < 4.78 is 12.6. The molecule has 1 aliphatic rings. The molecule has 60 valence electrons. The van der Waals surface area contributed by atoms with Gasteiger partial charge in [0.2, 0.25) is 0 Å². The summed E-state index contributed by atoms with van der Waals surface area (Å²) in [5.41, 5.74) is 5.83. The number of alkyl halides is 1. The Morgan fingerprint density at radius 1 is 1.50 bits per heavy atom. The average molecular weight is 145 g/mol. The second kappa shape index (κ2) is 2.50. The summed E-state index contributed by atoms with van der Waals surface area (Å²) in [6, 6.07) is 0. The van der Waals surface area contributed by atoms with Crippen molar-refractivity contribution in [1.82, 2.24) is 0 Å². The molecule has 2 heteroatoms. The molecule has 0 bridgehead atoms. The standard InChI is InChI=1S/C8H16FN/c1-6(7(2)9)5-8(10)3-4-8/h6-7H,3-5,10H2,1-2H3. The van der Waals surface area contributed by atoms with Gasteiger partial charge in [-0.15, -0.1) is 0 Å². The molecule has 2 unspecified atom stereocenters. The molecule has 1 rings (SSSR count). The SMILES string of the molecule is CC(F)C(C)CC1(N)CC1. The van der Waals surface area contributed by atoms with Gasteiger partial charge in [0.05, 0.1) is 6.17 Å². The smallest absolute Gasteiger partial charge is 0.0999 e. The molecule has 0 spiro atoms. The van der Waals surface area contributed by atoms with Crippen LogP contribution in [0.3, 0.4) is 0 Å². The van der Waals surface area contributed by atoms with Crippen LogP contribution in [0.25, 0.3) is 0 Å². The van der Waals surface area contributed by atoms with E-state index in [0.29, 0.717) is 0 Å². The lowest BCUT2D eigenvalue weighted by molar-refractivity contribution is 0.238. The van der Waals surface area contributed by atoms with Gasteiger partial charge in [0.1, 0.15) is 0 Å². The zero-order valence-electron chi connectivity index (χ0n) is 6.73. The normalized spacial score (nSPS) is 27.6. The third kappa shape index (κ3) is 1.94. The van der Waals surface area contributed by atoms with Crippen LogP contribution in [0, 0.1) is 5.92 Å². The summed E-state index contributed by atoms with van der Waals surface area (Å²) in [5, 5.41) is 0. The van der Waals surface area contributed by atoms with Crippen molar-refractivity contribution in [3.63, 3.8) is 0 Å². The Hall–Kier alpha value is -0.110. The summed E-state index contributed by atoms with van der Waals surface area (Å²) >= 11 is 0. The van der Waals surface area contributed by atoms with E-state index < -0.39 is 6.17 Å². The Morgan fingerprint density at radius 3 is 2.30 bits per heavy atom. The quantitative estimate of drug-likeness (QED) is 0.644. The molecule has 2 N–H and O–H groups in total. The molecular weight excluding hydrogens is 129 g/mol. The Kier molecular flexibility index (Phi) is 1.99. The lowest BCUT2D eigenvalue weighted by Crippen LogP contribution is -2.27. The Labute approximate surface area is 61.8 Å². The minimum atomic E-state index is -0.707. The van der Waals surface area contributed by atoms with Crippen LogP contribution in [0.2, 0.25) is 0 Å². The van der Waals surface area contributed by atoms with Crippen molar-refractivity contribution >= 4 is 0 Å². The van der Waals surface area contributed by atoms with Crippen LogP contribution in [-0.2, 0) is 0 Å². The topological polar surface area (TPSA) is 26.0 Å². The molecule has 0 aromatic heterocycles. The highest BCUT2D eigenvalue weighted by Crippen LogP contribution is 2.39. The average Bonchev–Trinajstić information content (AvgIpc) is 2.47. The van der Waals surface area contributed by atoms with Gasteiger partial charge >= 0.3 is 0 Å². The first-order chi connectivity index (χ1) is 4.53. The van der Waals surface area contributed by atoms with Gasteiger partial charge in [-0.3, -0.25) is 0 Å². The molecule has 10 heavy (non-hydrogen) atoms. The molecule has 0 radical (unpaired) electrons. The highest BCUT2D eigenvalue weighted by Gasteiger charge is 2.39. The second-order valence-electron chi connectivity index (χ2n) is 3.72. The summed E-state index contributed by atoms with van der Waals surface area (Å²) in [6.45, 7) is 3.54. The summed E-state index contributed by atoms with van der Waals surface area (Å²) in [5.74, 6) is 0.132. The molecule has 2 atom stereocenters. The largest absolute Gasteiger partial charge is 0.325 e. The van der Waals surface area contributed by atoms with Crippen molar-refractivity contribution in [3.05, 3.63) is 0 Å². The zero-order valence-corrected chi connectivity index (χ0v) is 6.73. The van der Waals surface area contributed by atoms with Crippen molar-refractivity contribution in [1.29, 1.82) is 0 Å². The highest BCUT2D eigenvalue weighted by molar-refractivity contribution is 4.99. The van der Waals surface area contributed by atoms with Crippen LogP contribution in [0.15, 0.2) is 0 Å². The third-order valence-electron chi connectivity index (χ3n) is 2.40. The first kappa shape index (κ1) is 7.99. The molecule has 1 fully saturated rings. The van der Waals surface area contributed by atoms with Crippen molar-refractivity contribution in [2.24, 2.45) is 11.7 Å². The Bertz CT molecular complexity index is 118. The third-order valence-corrected chi connectivity index (χ3v) is 2.40. The molecule has 0 saturated heterocycles. The minimum Gasteiger partial charge on any atom is -0.325 e. The van der Waals surface area contributed by atoms with Gasteiger partial charge in [-0.1, -0.05) is 6.92 Å². The lowest BCUT2D eigenvalue weighted by Gasteiger charge is -2.16. The number of hydrogen-bond donors (Lipinski definition) is 1. The predicted octanol–water partition coefficient (Wildman–Crippen LogP) is 1.86.